The van der Waals surface area contributed by atoms with Crippen molar-refractivity contribution < 1.29 is 33.4 Å². The van der Waals surface area contributed by atoms with Crippen molar-refractivity contribution in [3.63, 3.8) is 0 Å². The Morgan fingerprint density at radius 2 is 1.62 bits per heavy atom. The molecule has 2 aromatic rings. The van der Waals surface area contributed by atoms with Crippen molar-refractivity contribution in [3.8, 4) is 5.75 Å². The Morgan fingerprint density at radius 3 is 2.30 bits per heavy atom. The predicted molar refractivity (Wildman–Crippen MR) is 185 cm³/mol. The molecule has 1 aromatic carbocycles. The molecule has 4 aliphatic rings. The molecule has 5 amide bonds. The number of rotatable bonds is 10. The molecule has 1 unspecified atom stereocenters. The lowest BCUT2D eigenvalue weighted by molar-refractivity contribution is -0.136. The van der Waals surface area contributed by atoms with Gasteiger partial charge in [-0.2, -0.15) is 0 Å². The third kappa shape index (κ3) is 8.01. The Bertz CT molecular complexity index is 1590. The first kappa shape index (κ1) is 35.1. The van der Waals surface area contributed by atoms with Crippen molar-refractivity contribution in [2.75, 3.05) is 75.3 Å². The lowest BCUT2D eigenvalue weighted by Gasteiger charge is -2.36. The fraction of sp³-hybridized carbons (Fsp3) is 0.556. The Hall–Kier alpha value is -4.72. The van der Waals surface area contributed by atoms with Gasteiger partial charge in [-0.15, -0.1) is 0 Å². The van der Waals surface area contributed by atoms with E-state index in [0.717, 1.165) is 74.1 Å². The van der Waals surface area contributed by atoms with Crippen LogP contribution in [0.4, 0.5) is 16.3 Å². The largest absolute Gasteiger partial charge is 0.492 e. The van der Waals surface area contributed by atoms with Crippen LogP contribution in [0, 0.1) is 0 Å². The number of imide groups is 2. The fourth-order valence-corrected chi connectivity index (χ4v) is 6.87. The monoisotopic (exact) mass is 689 g/mol. The van der Waals surface area contributed by atoms with Crippen LogP contribution in [0.5, 0.6) is 5.75 Å². The Kier molecular flexibility index (Phi) is 10.6. The van der Waals surface area contributed by atoms with Crippen molar-refractivity contribution in [3.05, 3.63) is 47.7 Å². The van der Waals surface area contributed by atoms with Crippen molar-refractivity contribution in [1.29, 1.82) is 0 Å². The van der Waals surface area contributed by atoms with Crippen molar-refractivity contribution in [1.82, 2.24) is 25.0 Å². The van der Waals surface area contributed by atoms with E-state index in [4.69, 9.17) is 9.47 Å². The van der Waals surface area contributed by atoms with Crippen LogP contribution in [0.25, 0.3) is 0 Å². The second kappa shape index (κ2) is 15.0. The zero-order chi connectivity index (χ0) is 35.4. The molecule has 1 N–H and O–H groups in total. The lowest BCUT2D eigenvalue weighted by Crippen LogP contribution is -2.54. The van der Waals surface area contributed by atoms with Crippen LogP contribution in [-0.2, 0) is 14.3 Å². The van der Waals surface area contributed by atoms with Gasteiger partial charge in [0.1, 0.15) is 23.2 Å². The molecule has 0 spiro atoms. The van der Waals surface area contributed by atoms with Gasteiger partial charge >= 0.3 is 6.09 Å². The van der Waals surface area contributed by atoms with E-state index in [-0.39, 0.29) is 24.8 Å². The van der Waals surface area contributed by atoms with Gasteiger partial charge in [-0.3, -0.25) is 34.3 Å². The number of hydrogen-bond acceptors (Lipinski definition) is 11. The fourth-order valence-electron chi connectivity index (χ4n) is 6.87. The summed E-state index contributed by atoms with van der Waals surface area (Å²) < 4.78 is 11.4. The highest BCUT2D eigenvalue weighted by Crippen LogP contribution is 2.34. The minimum atomic E-state index is -0.973. The van der Waals surface area contributed by atoms with Crippen LogP contribution in [0.3, 0.4) is 0 Å². The molecule has 50 heavy (non-hydrogen) atoms. The van der Waals surface area contributed by atoms with Gasteiger partial charge in [0, 0.05) is 58.8 Å². The number of pyridine rings is 1. The summed E-state index contributed by atoms with van der Waals surface area (Å²) in [6.07, 6.45) is 4.73. The molecule has 14 heteroatoms. The molecule has 6 rings (SSSR count). The molecule has 0 saturated carbocycles. The zero-order valence-electron chi connectivity index (χ0n) is 29.2. The number of aromatic nitrogens is 1. The topological polar surface area (TPSA) is 145 Å². The number of nitrogens with one attached hydrogen (secondary N) is 1. The maximum atomic E-state index is 13.5. The van der Waals surface area contributed by atoms with Crippen molar-refractivity contribution >= 4 is 41.2 Å². The molecule has 14 nitrogen and oxygen atoms in total. The average molecular weight is 690 g/mol. The number of anilines is 2. The number of benzene rings is 1. The van der Waals surface area contributed by atoms with Crippen LogP contribution in [0.15, 0.2) is 36.5 Å². The molecule has 1 aromatic heterocycles. The summed E-state index contributed by atoms with van der Waals surface area (Å²) in [5.41, 5.74) is 0.869. The number of piperidine rings is 1. The summed E-state index contributed by atoms with van der Waals surface area (Å²) >= 11 is 0. The highest BCUT2D eigenvalue weighted by atomic mass is 16.6. The van der Waals surface area contributed by atoms with Gasteiger partial charge in [0.05, 0.1) is 29.6 Å². The van der Waals surface area contributed by atoms with E-state index in [1.807, 2.05) is 39.0 Å². The number of carbonyl (C=O) groups is 5. The number of unbranched alkanes of at least 4 members (excludes halogenated alkanes) is 2. The maximum absolute atomic E-state index is 13.5. The molecule has 0 aliphatic carbocycles. The van der Waals surface area contributed by atoms with E-state index in [0.29, 0.717) is 43.9 Å². The Morgan fingerprint density at radius 1 is 0.880 bits per heavy atom. The van der Waals surface area contributed by atoms with Gasteiger partial charge in [-0.05, 0) is 77.3 Å². The Labute approximate surface area is 292 Å². The highest BCUT2D eigenvalue weighted by molar-refractivity contribution is 6.25. The van der Waals surface area contributed by atoms with E-state index in [1.165, 1.54) is 0 Å². The maximum Gasteiger partial charge on any atom is 0.410 e. The zero-order valence-corrected chi connectivity index (χ0v) is 29.2. The second-order valence-corrected chi connectivity index (χ2v) is 14.2. The quantitative estimate of drug-likeness (QED) is 0.291. The van der Waals surface area contributed by atoms with Crippen LogP contribution in [0.1, 0.15) is 73.6 Å². The summed E-state index contributed by atoms with van der Waals surface area (Å²) in [6.45, 7) is 12.9. The summed E-state index contributed by atoms with van der Waals surface area (Å²) in [5, 5.41) is 2.25. The van der Waals surface area contributed by atoms with Gasteiger partial charge < -0.3 is 24.2 Å². The van der Waals surface area contributed by atoms with Gasteiger partial charge in [0.2, 0.25) is 11.8 Å². The van der Waals surface area contributed by atoms with Gasteiger partial charge in [-0.1, -0.05) is 6.07 Å². The standard InChI is InChI=1S/C36H47N7O7/c1-36(2,3)50-35(48)42-21-19-41(20-22-42)29-12-10-25(24-37-29)49-23-6-4-5-14-39-15-17-40(18-16-39)27-9-7-8-26-31(27)34(47)43(33(26)46)28-11-13-30(44)38-32(28)45/h7-10,12,24,28H,4-6,11,13-23H2,1-3H3,(H,38,44,45). The summed E-state index contributed by atoms with van der Waals surface area (Å²) in [4.78, 5) is 77.2. The first-order valence-electron chi connectivity index (χ1n) is 17.6. The molecular formula is C36H47N7O7. The average Bonchev–Trinajstić information content (AvgIpc) is 3.35. The van der Waals surface area contributed by atoms with Gasteiger partial charge in [0.15, 0.2) is 0 Å². The third-order valence-electron chi connectivity index (χ3n) is 9.52. The van der Waals surface area contributed by atoms with Crippen LogP contribution >= 0.6 is 0 Å². The van der Waals surface area contributed by atoms with Gasteiger partial charge in [0.25, 0.3) is 11.8 Å². The first-order chi connectivity index (χ1) is 24.0. The molecule has 268 valence electrons. The molecular weight excluding hydrogens is 642 g/mol. The predicted octanol–water partition coefficient (Wildman–Crippen LogP) is 2.91. The second-order valence-electron chi connectivity index (χ2n) is 14.2. The molecule has 3 saturated heterocycles. The van der Waals surface area contributed by atoms with E-state index in [2.05, 4.69) is 25.0 Å². The molecule has 0 radical (unpaired) electrons. The number of nitrogens with zero attached hydrogens (tertiary/aromatic N) is 6. The number of piperazine rings is 2. The van der Waals surface area contributed by atoms with Crippen LogP contribution in [0.2, 0.25) is 0 Å². The van der Waals surface area contributed by atoms with Crippen molar-refractivity contribution in [2.45, 2.75) is 64.5 Å². The summed E-state index contributed by atoms with van der Waals surface area (Å²) in [6, 6.07) is 8.22. The van der Waals surface area contributed by atoms with E-state index >= 15 is 0 Å². The minimum Gasteiger partial charge on any atom is -0.492 e. The molecule has 0 bridgehead atoms. The van der Waals surface area contributed by atoms with Gasteiger partial charge in [-0.25, -0.2) is 9.78 Å². The van der Waals surface area contributed by atoms with E-state index in [9.17, 15) is 24.0 Å². The third-order valence-corrected chi connectivity index (χ3v) is 9.52. The highest BCUT2D eigenvalue weighted by Gasteiger charge is 2.46. The number of carbonyl (C=O) groups excluding carboxylic acids is 5. The Balaban J connectivity index is 0.884. The number of amides is 5. The number of hydrogen-bond donors (Lipinski definition) is 1. The van der Waals surface area contributed by atoms with Crippen molar-refractivity contribution in [2.24, 2.45) is 0 Å². The molecule has 3 fully saturated rings. The molecule has 1 atom stereocenters. The summed E-state index contributed by atoms with van der Waals surface area (Å²) in [5.74, 6) is -0.337. The SMILES string of the molecule is CC(C)(C)OC(=O)N1CCN(c2ccc(OCCCCCN3CCN(c4cccc5c4C(=O)N(C4CCC(=O)NC4=O)C5=O)CC3)cn2)CC1. The smallest absolute Gasteiger partial charge is 0.410 e. The van der Waals surface area contributed by atoms with Crippen LogP contribution in [-0.4, -0.2) is 127 Å². The molecule has 4 aliphatic heterocycles. The van der Waals surface area contributed by atoms with E-state index in [1.54, 1.807) is 23.2 Å². The number of ether oxygens (including phenoxy) is 2. The normalized spacial score (nSPS) is 20.3. The van der Waals surface area contributed by atoms with Crippen LogP contribution < -0.4 is 19.9 Å². The lowest BCUT2D eigenvalue weighted by atomic mass is 10.0. The van der Waals surface area contributed by atoms with E-state index < -0.39 is 29.4 Å². The first-order valence-corrected chi connectivity index (χ1v) is 17.6. The minimum absolute atomic E-state index is 0.0942. The summed E-state index contributed by atoms with van der Waals surface area (Å²) in [7, 11) is 0. The number of fused-ring (bicyclic) bond motifs is 1. The molecule has 5 heterocycles.